The summed E-state index contributed by atoms with van der Waals surface area (Å²) in [5, 5.41) is 10.6. The molecule has 0 fully saturated rings. The van der Waals surface area contributed by atoms with E-state index >= 15 is 0 Å². The van der Waals surface area contributed by atoms with Crippen molar-refractivity contribution >= 4 is 67.4 Å². The van der Waals surface area contributed by atoms with E-state index in [9.17, 15) is 5.02 Å². The van der Waals surface area contributed by atoms with E-state index in [0.717, 1.165) is 27.5 Å². The van der Waals surface area contributed by atoms with Crippen molar-refractivity contribution in [3.63, 3.8) is 0 Å². The second-order valence-corrected chi connectivity index (χ2v) is 8.57. The summed E-state index contributed by atoms with van der Waals surface area (Å²) in [5.74, 6) is 0. The Balaban J connectivity index is -0.000000440. The van der Waals surface area contributed by atoms with Crippen LogP contribution < -0.4 is 24.3 Å². The summed E-state index contributed by atoms with van der Waals surface area (Å²) in [4.78, 5) is 0. The molecule has 0 amide bonds. The SMILES string of the molecule is COB(OC)OC.COCOCc1cc(Cl)ccc1Br.OB1OCc2cc(Cl)ccc21.[B].[CH2-]CCC.[Li+]. The predicted molar refractivity (Wildman–Crippen MR) is 152 cm³/mol. The minimum absolute atomic E-state index is 0. The van der Waals surface area contributed by atoms with Gasteiger partial charge in [0, 0.05) is 51.4 Å². The van der Waals surface area contributed by atoms with Gasteiger partial charge in [-0.25, -0.2) is 0 Å². The Bertz CT molecular complexity index is 820. The van der Waals surface area contributed by atoms with Crippen molar-refractivity contribution in [3.05, 3.63) is 69.0 Å². The van der Waals surface area contributed by atoms with Gasteiger partial charge in [0.15, 0.2) is 0 Å². The van der Waals surface area contributed by atoms with Crippen LogP contribution in [0.4, 0.5) is 0 Å². The van der Waals surface area contributed by atoms with Gasteiger partial charge >= 0.3 is 33.3 Å². The maximum Gasteiger partial charge on any atom is 1.00 e. The molecule has 0 aliphatic carbocycles. The quantitative estimate of drug-likeness (QED) is 0.212. The van der Waals surface area contributed by atoms with Gasteiger partial charge in [-0.3, -0.25) is 0 Å². The summed E-state index contributed by atoms with van der Waals surface area (Å²) in [7, 11) is 4.85. The predicted octanol–water partition coefficient (Wildman–Crippen LogP) is 1.93. The summed E-state index contributed by atoms with van der Waals surface area (Å²) >= 11 is 15.0. The van der Waals surface area contributed by atoms with Gasteiger partial charge < -0.3 is 40.0 Å². The first-order chi connectivity index (χ1) is 16.8. The first kappa shape index (κ1) is 41.5. The molecule has 0 saturated carbocycles. The van der Waals surface area contributed by atoms with Crippen LogP contribution in [0.2, 0.25) is 10.0 Å². The minimum Gasteiger partial charge on any atom is -0.423 e. The Hall–Kier alpha value is 0.0122. The Morgan fingerprint density at radius 3 is 2.08 bits per heavy atom. The smallest absolute Gasteiger partial charge is 0.423 e. The zero-order valence-corrected chi connectivity index (χ0v) is 25.6. The fraction of sp³-hybridized carbons (Fsp3) is 0.435. The molecule has 3 radical (unpaired) electrons. The normalized spacial score (nSPS) is 10.7. The summed E-state index contributed by atoms with van der Waals surface area (Å²) in [6, 6.07) is 10.9. The Kier molecular flexibility index (Phi) is 29.4. The number of halogens is 3. The van der Waals surface area contributed by atoms with Crippen molar-refractivity contribution in [2.75, 3.05) is 35.2 Å². The van der Waals surface area contributed by atoms with Crippen LogP contribution >= 0.6 is 39.1 Å². The number of fused-ring (bicyclic) bond motifs is 1. The second-order valence-electron chi connectivity index (χ2n) is 6.85. The zero-order valence-electron chi connectivity index (χ0n) is 22.5. The molecule has 0 saturated heterocycles. The van der Waals surface area contributed by atoms with Gasteiger partial charge in [-0.15, -0.1) is 0 Å². The molecule has 3 rings (SSSR count). The topological polar surface area (TPSA) is 75.6 Å². The van der Waals surface area contributed by atoms with Gasteiger partial charge in [0.25, 0.3) is 0 Å². The number of unbranched alkanes of at least 4 members (excludes halogenated alkanes) is 1. The molecule has 14 heteroatoms. The van der Waals surface area contributed by atoms with Crippen molar-refractivity contribution in [1.82, 2.24) is 0 Å². The van der Waals surface area contributed by atoms with E-state index in [1.54, 1.807) is 19.2 Å². The first-order valence-electron chi connectivity index (χ1n) is 10.7. The molecule has 7 nitrogen and oxygen atoms in total. The average molecular weight is 613 g/mol. The van der Waals surface area contributed by atoms with Gasteiger partial charge in [0.2, 0.25) is 0 Å². The number of hydrogen-bond donors (Lipinski definition) is 1. The largest absolute Gasteiger partial charge is 1.00 e. The van der Waals surface area contributed by atoms with Crippen LogP contribution in [0.5, 0.6) is 0 Å². The van der Waals surface area contributed by atoms with E-state index < -0.39 is 14.4 Å². The molecule has 199 valence electrons. The minimum atomic E-state index is -0.762. The summed E-state index contributed by atoms with van der Waals surface area (Å²) < 4.78 is 29.7. The molecule has 2 aromatic rings. The molecular weight excluding hydrogens is 578 g/mol. The Morgan fingerprint density at radius 1 is 1.05 bits per heavy atom. The van der Waals surface area contributed by atoms with Crippen LogP contribution in [0.3, 0.4) is 0 Å². The van der Waals surface area contributed by atoms with Crippen molar-refractivity contribution in [2.24, 2.45) is 0 Å². The average Bonchev–Trinajstić information content (AvgIpc) is 3.23. The third kappa shape index (κ3) is 18.8. The number of benzene rings is 2. The third-order valence-electron chi connectivity index (χ3n) is 4.17. The van der Waals surface area contributed by atoms with Crippen LogP contribution in [0.1, 0.15) is 30.9 Å². The second kappa shape index (κ2) is 26.2. The van der Waals surface area contributed by atoms with Gasteiger partial charge in [-0.2, -0.15) is 6.42 Å². The first-order valence-corrected chi connectivity index (χ1v) is 12.3. The molecule has 0 atom stereocenters. The van der Waals surface area contributed by atoms with Gasteiger partial charge in [0.1, 0.15) is 6.79 Å². The van der Waals surface area contributed by atoms with E-state index in [1.165, 1.54) is 27.8 Å². The van der Waals surface area contributed by atoms with Crippen LogP contribution in [0.15, 0.2) is 40.9 Å². The van der Waals surface area contributed by atoms with E-state index in [-0.39, 0.29) is 27.3 Å². The van der Waals surface area contributed by atoms with E-state index in [1.807, 2.05) is 24.3 Å². The van der Waals surface area contributed by atoms with Crippen molar-refractivity contribution in [3.8, 4) is 0 Å². The van der Waals surface area contributed by atoms with Crippen molar-refractivity contribution < 1.29 is 52.0 Å². The molecule has 0 unspecified atom stereocenters. The monoisotopic (exact) mass is 611 g/mol. The molecule has 0 bridgehead atoms. The van der Waals surface area contributed by atoms with Gasteiger partial charge in [-0.05, 0) is 46.9 Å². The van der Waals surface area contributed by atoms with Gasteiger partial charge in [-0.1, -0.05) is 58.5 Å². The number of rotatable bonds is 8. The zero-order chi connectivity index (χ0) is 26.6. The Labute approximate surface area is 255 Å². The maximum absolute atomic E-state index is 9.21. The summed E-state index contributed by atoms with van der Waals surface area (Å²) in [5.41, 5.74) is 2.82. The van der Waals surface area contributed by atoms with Crippen LogP contribution in [0, 0.1) is 6.92 Å². The standard InChI is InChI=1S/C9H10BrClO2.C7H6BClO2.C4H9.C3H9BO3.B.Li/c1-12-6-13-5-7-4-8(11)2-3-9(7)10;9-6-1-2-7-5(3-6)4-11-8(7)10;1-3-4-2;1-5-4(6-2)7-3;;/h2-4H,5-6H2,1H3;1-3,10H,4H2;1,3-4H2,2H3;1-3H3;;/q;;-1;;;+1. The van der Waals surface area contributed by atoms with Crippen molar-refractivity contribution in [2.45, 2.75) is 33.0 Å². The van der Waals surface area contributed by atoms with E-state index in [2.05, 4.69) is 43.7 Å². The number of methoxy groups -OCH3 is 1. The van der Waals surface area contributed by atoms with E-state index in [4.69, 9.17) is 37.3 Å². The molecule has 1 aliphatic rings. The summed E-state index contributed by atoms with van der Waals surface area (Å²) in [6.07, 6.45) is 2.28. The van der Waals surface area contributed by atoms with E-state index in [0.29, 0.717) is 30.1 Å². The number of ether oxygens (including phenoxy) is 2. The molecule has 1 heterocycles. The molecular formula is C23H34B3BrCl2LiO7. The molecule has 1 aliphatic heterocycles. The third-order valence-corrected chi connectivity index (χ3v) is 5.41. The maximum atomic E-state index is 9.21. The van der Waals surface area contributed by atoms with Crippen molar-refractivity contribution in [1.29, 1.82) is 0 Å². The molecule has 2 aromatic carbocycles. The van der Waals surface area contributed by atoms with Crippen LogP contribution in [-0.4, -0.2) is 63.1 Å². The molecule has 37 heavy (non-hydrogen) atoms. The summed E-state index contributed by atoms with van der Waals surface area (Å²) in [6.45, 7) is 6.96. The van der Waals surface area contributed by atoms with Crippen LogP contribution in [0.25, 0.3) is 0 Å². The molecule has 1 N–H and O–H groups in total. The molecule has 0 aromatic heterocycles. The Morgan fingerprint density at radius 2 is 1.59 bits per heavy atom. The fourth-order valence-corrected chi connectivity index (χ4v) is 3.13. The van der Waals surface area contributed by atoms with Crippen LogP contribution in [-0.2, 0) is 41.3 Å². The fourth-order valence-electron chi connectivity index (χ4n) is 2.38. The number of hydrogen-bond acceptors (Lipinski definition) is 7. The van der Waals surface area contributed by atoms with Gasteiger partial charge in [0.05, 0.1) is 13.2 Å². The molecule has 0 spiro atoms.